The Labute approximate surface area is 118 Å². The average molecular weight is 266 g/mol. The summed E-state index contributed by atoms with van der Waals surface area (Å²) in [6.45, 7) is 3.75. The van der Waals surface area contributed by atoms with Gasteiger partial charge in [0.2, 0.25) is 0 Å². The number of fused-ring (bicyclic) bond motifs is 1. The molecule has 0 aliphatic heterocycles. The molecule has 2 heterocycles. The molecule has 0 amide bonds. The van der Waals surface area contributed by atoms with E-state index in [0.29, 0.717) is 0 Å². The minimum Gasteiger partial charge on any atom is -0.312 e. The summed E-state index contributed by atoms with van der Waals surface area (Å²) in [7, 11) is 0. The summed E-state index contributed by atoms with van der Waals surface area (Å²) in [5, 5.41) is 7.82. The summed E-state index contributed by atoms with van der Waals surface area (Å²) >= 11 is 0. The fraction of sp³-hybridized carbons (Fsp3) is 0.250. The number of hydrogen-bond acceptors (Lipinski definition) is 3. The molecule has 0 saturated carbocycles. The molecule has 0 spiro atoms. The van der Waals surface area contributed by atoms with E-state index in [9.17, 15) is 0 Å². The predicted octanol–water partition coefficient (Wildman–Crippen LogP) is 2.37. The molecule has 4 heteroatoms. The lowest BCUT2D eigenvalue weighted by Crippen LogP contribution is -2.17. The van der Waals surface area contributed by atoms with Crippen LogP contribution in [-0.4, -0.2) is 21.1 Å². The normalized spacial score (nSPS) is 11.1. The summed E-state index contributed by atoms with van der Waals surface area (Å²) in [5.74, 6) is 0. The molecule has 20 heavy (non-hydrogen) atoms. The minimum atomic E-state index is 0.814. The van der Waals surface area contributed by atoms with Crippen LogP contribution in [0.25, 0.3) is 5.65 Å². The molecule has 0 saturated heterocycles. The van der Waals surface area contributed by atoms with Crippen LogP contribution in [0.4, 0.5) is 0 Å². The fourth-order valence-electron chi connectivity index (χ4n) is 2.24. The Hall–Kier alpha value is -2.20. The Morgan fingerprint density at radius 1 is 1.15 bits per heavy atom. The highest BCUT2D eigenvalue weighted by Crippen LogP contribution is 2.04. The molecule has 4 nitrogen and oxygen atoms in total. The number of rotatable bonds is 5. The van der Waals surface area contributed by atoms with E-state index in [4.69, 9.17) is 0 Å². The highest BCUT2D eigenvalue weighted by atomic mass is 15.2. The first-order valence-electron chi connectivity index (χ1n) is 6.87. The largest absolute Gasteiger partial charge is 0.312 e. The summed E-state index contributed by atoms with van der Waals surface area (Å²) < 4.78 is 1.84. The Morgan fingerprint density at radius 3 is 2.85 bits per heavy atom. The maximum atomic E-state index is 4.40. The smallest absolute Gasteiger partial charge is 0.155 e. The van der Waals surface area contributed by atoms with Gasteiger partial charge < -0.3 is 5.32 Å². The third-order valence-electron chi connectivity index (χ3n) is 3.25. The van der Waals surface area contributed by atoms with Crippen molar-refractivity contribution in [1.29, 1.82) is 0 Å². The van der Waals surface area contributed by atoms with Gasteiger partial charge in [-0.2, -0.15) is 5.10 Å². The minimum absolute atomic E-state index is 0.814. The second-order valence-electron chi connectivity index (χ2n) is 4.96. The SMILES string of the molecule is Cc1cc2ncc(CNCCc3ccccc3)cn2n1. The molecule has 0 fully saturated rings. The Kier molecular flexibility index (Phi) is 3.74. The van der Waals surface area contributed by atoms with E-state index in [2.05, 4.69) is 39.7 Å². The second kappa shape index (κ2) is 5.84. The molecule has 0 aliphatic carbocycles. The van der Waals surface area contributed by atoms with Crippen molar-refractivity contribution in [2.45, 2.75) is 19.9 Å². The molecule has 1 aromatic carbocycles. The zero-order valence-corrected chi connectivity index (χ0v) is 11.6. The molecule has 3 aromatic rings. The zero-order chi connectivity index (χ0) is 13.8. The van der Waals surface area contributed by atoms with E-state index in [-0.39, 0.29) is 0 Å². The topological polar surface area (TPSA) is 42.2 Å². The summed E-state index contributed by atoms with van der Waals surface area (Å²) in [4.78, 5) is 4.40. The lowest BCUT2D eigenvalue weighted by atomic mass is 10.1. The lowest BCUT2D eigenvalue weighted by Gasteiger charge is -2.05. The molecule has 2 aromatic heterocycles. The highest BCUT2D eigenvalue weighted by molar-refractivity contribution is 5.38. The number of aryl methyl sites for hydroxylation is 1. The van der Waals surface area contributed by atoms with Crippen LogP contribution in [0.15, 0.2) is 48.8 Å². The molecule has 0 radical (unpaired) electrons. The van der Waals surface area contributed by atoms with Crippen molar-refractivity contribution >= 4 is 5.65 Å². The number of nitrogens with zero attached hydrogens (tertiary/aromatic N) is 3. The number of aromatic nitrogens is 3. The number of hydrogen-bond donors (Lipinski definition) is 1. The predicted molar refractivity (Wildman–Crippen MR) is 79.6 cm³/mol. The molecule has 1 N–H and O–H groups in total. The van der Waals surface area contributed by atoms with Crippen LogP contribution < -0.4 is 5.32 Å². The van der Waals surface area contributed by atoms with Crippen LogP contribution in [0, 0.1) is 6.92 Å². The van der Waals surface area contributed by atoms with Gasteiger partial charge in [-0.05, 0) is 25.5 Å². The van der Waals surface area contributed by atoms with Crippen molar-refractivity contribution in [3.05, 3.63) is 65.6 Å². The van der Waals surface area contributed by atoms with Crippen molar-refractivity contribution in [2.75, 3.05) is 6.54 Å². The first kappa shape index (κ1) is 12.8. The third kappa shape index (κ3) is 3.03. The van der Waals surface area contributed by atoms with Gasteiger partial charge in [-0.25, -0.2) is 9.50 Å². The van der Waals surface area contributed by atoms with Crippen molar-refractivity contribution < 1.29 is 0 Å². The molecular weight excluding hydrogens is 248 g/mol. The number of benzene rings is 1. The van der Waals surface area contributed by atoms with Crippen LogP contribution in [0.5, 0.6) is 0 Å². The van der Waals surface area contributed by atoms with E-state index in [1.54, 1.807) is 0 Å². The monoisotopic (exact) mass is 266 g/mol. The molecular formula is C16H18N4. The molecule has 0 unspecified atom stereocenters. The van der Waals surface area contributed by atoms with Crippen molar-refractivity contribution in [1.82, 2.24) is 19.9 Å². The van der Waals surface area contributed by atoms with Gasteiger partial charge in [0.15, 0.2) is 5.65 Å². The van der Waals surface area contributed by atoms with E-state index in [0.717, 1.165) is 36.4 Å². The van der Waals surface area contributed by atoms with E-state index in [1.807, 2.05) is 36.0 Å². The lowest BCUT2D eigenvalue weighted by molar-refractivity contribution is 0.680. The fourth-order valence-corrected chi connectivity index (χ4v) is 2.24. The van der Waals surface area contributed by atoms with Gasteiger partial charge in [0.25, 0.3) is 0 Å². The summed E-state index contributed by atoms with van der Waals surface area (Å²) in [6.07, 6.45) is 4.98. The molecule has 0 bridgehead atoms. The second-order valence-corrected chi connectivity index (χ2v) is 4.96. The van der Waals surface area contributed by atoms with Gasteiger partial charge >= 0.3 is 0 Å². The summed E-state index contributed by atoms with van der Waals surface area (Å²) in [6, 6.07) is 12.5. The molecule has 3 rings (SSSR count). The van der Waals surface area contributed by atoms with Crippen LogP contribution >= 0.6 is 0 Å². The highest BCUT2D eigenvalue weighted by Gasteiger charge is 2.00. The Morgan fingerprint density at radius 2 is 2.00 bits per heavy atom. The van der Waals surface area contributed by atoms with Gasteiger partial charge in [-0.15, -0.1) is 0 Å². The van der Waals surface area contributed by atoms with Gasteiger partial charge in [-0.1, -0.05) is 30.3 Å². The van der Waals surface area contributed by atoms with Gasteiger partial charge in [0.1, 0.15) is 0 Å². The summed E-state index contributed by atoms with van der Waals surface area (Å²) in [5.41, 5.74) is 4.40. The third-order valence-corrected chi connectivity index (χ3v) is 3.25. The van der Waals surface area contributed by atoms with Crippen molar-refractivity contribution in [2.24, 2.45) is 0 Å². The zero-order valence-electron chi connectivity index (χ0n) is 11.6. The quantitative estimate of drug-likeness (QED) is 0.721. The first-order chi connectivity index (χ1) is 9.81. The standard InChI is InChI=1S/C16H18N4/c1-13-9-16-18-11-15(12-20(16)19-13)10-17-8-7-14-5-3-2-4-6-14/h2-6,9,11-12,17H,7-8,10H2,1H3. The Bertz CT molecular complexity index is 688. The van der Waals surface area contributed by atoms with E-state index >= 15 is 0 Å². The van der Waals surface area contributed by atoms with Crippen molar-refractivity contribution in [3.8, 4) is 0 Å². The van der Waals surface area contributed by atoms with Gasteiger partial charge in [0.05, 0.1) is 5.69 Å². The van der Waals surface area contributed by atoms with Crippen LogP contribution in [0.3, 0.4) is 0 Å². The average Bonchev–Trinajstić information content (AvgIpc) is 2.84. The van der Waals surface area contributed by atoms with E-state index in [1.165, 1.54) is 5.56 Å². The Balaban J connectivity index is 1.54. The molecule has 0 aliphatic rings. The molecule has 0 atom stereocenters. The number of nitrogens with one attached hydrogen (secondary N) is 1. The molecule has 102 valence electrons. The van der Waals surface area contributed by atoms with Crippen molar-refractivity contribution in [3.63, 3.8) is 0 Å². The van der Waals surface area contributed by atoms with E-state index < -0.39 is 0 Å². The maximum Gasteiger partial charge on any atom is 0.155 e. The van der Waals surface area contributed by atoms with Crippen LogP contribution in [-0.2, 0) is 13.0 Å². The van der Waals surface area contributed by atoms with Gasteiger partial charge in [0, 0.05) is 30.6 Å². The van der Waals surface area contributed by atoms with Gasteiger partial charge in [-0.3, -0.25) is 0 Å². The van der Waals surface area contributed by atoms with Crippen LogP contribution in [0.2, 0.25) is 0 Å². The first-order valence-corrected chi connectivity index (χ1v) is 6.87. The maximum absolute atomic E-state index is 4.40. The van der Waals surface area contributed by atoms with Crippen LogP contribution in [0.1, 0.15) is 16.8 Å².